The molecule has 1 aromatic carbocycles. The van der Waals surface area contributed by atoms with Gasteiger partial charge in [0.15, 0.2) is 5.96 Å². The molecule has 2 saturated heterocycles. The Balaban J connectivity index is 0.00000169. The van der Waals surface area contributed by atoms with Gasteiger partial charge in [-0.05, 0) is 49.5 Å². The van der Waals surface area contributed by atoms with Gasteiger partial charge in [-0.1, -0.05) is 30.3 Å². The van der Waals surface area contributed by atoms with Crippen LogP contribution in [0, 0.1) is 5.41 Å². The molecule has 1 saturated carbocycles. The van der Waals surface area contributed by atoms with Crippen LogP contribution >= 0.6 is 24.0 Å². The van der Waals surface area contributed by atoms with Crippen molar-refractivity contribution in [3.05, 3.63) is 35.9 Å². The molecule has 3 unspecified atom stereocenters. The van der Waals surface area contributed by atoms with E-state index < -0.39 is 0 Å². The average Bonchev–Trinajstić information content (AvgIpc) is 3.03. The standard InChI is InChI=1S/C19H27N3O.HI/c1-20-18(22-16-11-15-7-8-17(16)23-15)21-13-19(9-10-19)12-14-5-3-2-4-6-14;/h2-6,15-17H,7-13H2,1H3,(H2,20,21,22);1H. The van der Waals surface area contributed by atoms with E-state index in [0.29, 0.717) is 23.7 Å². The van der Waals surface area contributed by atoms with Crippen molar-refractivity contribution >= 4 is 29.9 Å². The van der Waals surface area contributed by atoms with Crippen LogP contribution in [0.4, 0.5) is 0 Å². The number of rotatable bonds is 5. The predicted molar refractivity (Wildman–Crippen MR) is 108 cm³/mol. The number of benzene rings is 1. The van der Waals surface area contributed by atoms with E-state index in [1.54, 1.807) is 0 Å². The second kappa shape index (κ2) is 7.60. The lowest BCUT2D eigenvalue weighted by Gasteiger charge is -2.24. The van der Waals surface area contributed by atoms with Crippen LogP contribution in [-0.4, -0.2) is 37.8 Å². The normalized spacial score (nSPS) is 29.9. The Bertz CT molecular complexity index is 573. The Morgan fingerprint density at radius 2 is 2.04 bits per heavy atom. The molecule has 0 aromatic heterocycles. The molecule has 24 heavy (non-hydrogen) atoms. The molecule has 3 fully saturated rings. The maximum atomic E-state index is 5.92. The molecule has 4 nitrogen and oxygen atoms in total. The average molecular weight is 441 g/mol. The highest BCUT2D eigenvalue weighted by molar-refractivity contribution is 14.0. The second-order valence-corrected chi connectivity index (χ2v) is 7.45. The summed E-state index contributed by atoms with van der Waals surface area (Å²) in [5.74, 6) is 0.936. The molecule has 0 spiro atoms. The SMILES string of the molecule is CN=C(NCC1(Cc2ccccc2)CC1)NC1CC2CCC1O2.I. The van der Waals surface area contributed by atoms with Gasteiger partial charge in [0.05, 0.1) is 18.2 Å². The Kier molecular flexibility index (Phi) is 5.70. The molecule has 0 amide bonds. The summed E-state index contributed by atoms with van der Waals surface area (Å²) in [6.45, 7) is 1.00. The van der Waals surface area contributed by atoms with Crippen molar-refractivity contribution in [2.75, 3.05) is 13.6 Å². The minimum absolute atomic E-state index is 0. The summed E-state index contributed by atoms with van der Waals surface area (Å²) >= 11 is 0. The number of ether oxygens (including phenoxy) is 1. The molecular formula is C19H28IN3O. The summed E-state index contributed by atoms with van der Waals surface area (Å²) < 4.78 is 5.92. The van der Waals surface area contributed by atoms with E-state index in [9.17, 15) is 0 Å². The van der Waals surface area contributed by atoms with Crippen LogP contribution in [0.1, 0.15) is 37.7 Å². The van der Waals surface area contributed by atoms with E-state index >= 15 is 0 Å². The summed E-state index contributed by atoms with van der Waals surface area (Å²) in [4.78, 5) is 4.41. The van der Waals surface area contributed by atoms with Crippen LogP contribution < -0.4 is 10.6 Å². The number of hydrogen-bond donors (Lipinski definition) is 2. The second-order valence-electron chi connectivity index (χ2n) is 7.45. The quantitative estimate of drug-likeness (QED) is 0.420. The first kappa shape index (κ1) is 18.0. The van der Waals surface area contributed by atoms with Crippen LogP contribution in [0.25, 0.3) is 0 Å². The third-order valence-electron chi connectivity index (χ3n) is 5.66. The molecule has 1 aliphatic carbocycles. The van der Waals surface area contributed by atoms with Gasteiger partial charge in [-0.3, -0.25) is 4.99 Å². The molecule has 3 atom stereocenters. The molecule has 3 aliphatic rings. The van der Waals surface area contributed by atoms with Gasteiger partial charge >= 0.3 is 0 Å². The molecule has 5 heteroatoms. The van der Waals surface area contributed by atoms with Gasteiger partial charge in [0.25, 0.3) is 0 Å². The fourth-order valence-corrected chi connectivity index (χ4v) is 4.05. The van der Waals surface area contributed by atoms with Gasteiger partial charge in [0, 0.05) is 13.6 Å². The Labute approximate surface area is 161 Å². The third-order valence-corrected chi connectivity index (χ3v) is 5.66. The zero-order valence-corrected chi connectivity index (χ0v) is 16.7. The highest BCUT2D eigenvalue weighted by Crippen LogP contribution is 2.47. The fourth-order valence-electron chi connectivity index (χ4n) is 4.05. The highest BCUT2D eigenvalue weighted by atomic mass is 127. The van der Waals surface area contributed by atoms with Gasteiger partial charge in [0.1, 0.15) is 0 Å². The Morgan fingerprint density at radius 3 is 2.62 bits per heavy atom. The van der Waals surface area contributed by atoms with Crippen LogP contribution in [0.5, 0.6) is 0 Å². The smallest absolute Gasteiger partial charge is 0.191 e. The van der Waals surface area contributed by atoms with Crippen molar-refractivity contribution in [3.63, 3.8) is 0 Å². The lowest BCUT2D eigenvalue weighted by Crippen LogP contribution is -2.48. The number of halogens is 1. The number of aliphatic imine (C=N–C) groups is 1. The summed E-state index contributed by atoms with van der Waals surface area (Å²) in [7, 11) is 1.86. The first-order chi connectivity index (χ1) is 11.3. The van der Waals surface area contributed by atoms with Crippen LogP contribution in [-0.2, 0) is 11.2 Å². The minimum Gasteiger partial charge on any atom is -0.373 e. The van der Waals surface area contributed by atoms with E-state index in [0.717, 1.165) is 25.3 Å². The number of nitrogens with one attached hydrogen (secondary N) is 2. The largest absolute Gasteiger partial charge is 0.373 e. The highest BCUT2D eigenvalue weighted by Gasteiger charge is 2.43. The lowest BCUT2D eigenvalue weighted by molar-refractivity contribution is 0.0992. The summed E-state index contributed by atoms with van der Waals surface area (Å²) in [5, 5.41) is 7.14. The first-order valence-corrected chi connectivity index (χ1v) is 8.93. The van der Waals surface area contributed by atoms with Gasteiger partial charge in [0.2, 0.25) is 0 Å². The first-order valence-electron chi connectivity index (χ1n) is 8.93. The van der Waals surface area contributed by atoms with Gasteiger partial charge in [-0.25, -0.2) is 0 Å². The Hall–Kier alpha value is -0.820. The molecule has 2 bridgehead atoms. The summed E-state index contributed by atoms with van der Waals surface area (Å²) in [6, 6.07) is 11.3. The maximum absolute atomic E-state index is 5.92. The van der Waals surface area contributed by atoms with Crippen molar-refractivity contribution in [2.45, 2.75) is 56.8 Å². The molecular weight excluding hydrogens is 413 g/mol. The predicted octanol–water partition coefficient (Wildman–Crippen LogP) is 3.11. The number of guanidine groups is 1. The summed E-state index contributed by atoms with van der Waals surface area (Å²) in [6.07, 6.45) is 8.19. The molecule has 2 heterocycles. The number of nitrogens with zero attached hydrogens (tertiary/aromatic N) is 1. The zero-order chi connectivity index (χ0) is 15.7. The van der Waals surface area contributed by atoms with Gasteiger partial charge in [-0.2, -0.15) is 0 Å². The maximum Gasteiger partial charge on any atom is 0.191 e. The fraction of sp³-hybridized carbons (Fsp3) is 0.632. The van der Waals surface area contributed by atoms with E-state index in [4.69, 9.17) is 4.74 Å². The van der Waals surface area contributed by atoms with Crippen molar-refractivity contribution in [2.24, 2.45) is 10.4 Å². The number of hydrogen-bond acceptors (Lipinski definition) is 2. The summed E-state index contributed by atoms with van der Waals surface area (Å²) in [5.41, 5.74) is 1.86. The van der Waals surface area contributed by atoms with Crippen molar-refractivity contribution < 1.29 is 4.74 Å². The van der Waals surface area contributed by atoms with E-state index in [2.05, 4.69) is 46.0 Å². The number of fused-ring (bicyclic) bond motifs is 2. The van der Waals surface area contributed by atoms with Crippen molar-refractivity contribution in [1.82, 2.24) is 10.6 Å². The Morgan fingerprint density at radius 1 is 1.25 bits per heavy atom. The van der Waals surface area contributed by atoms with Gasteiger partial charge in [-0.15, -0.1) is 24.0 Å². The lowest BCUT2D eigenvalue weighted by atomic mass is 9.95. The van der Waals surface area contributed by atoms with Crippen LogP contribution in [0.3, 0.4) is 0 Å². The topological polar surface area (TPSA) is 45.7 Å². The molecule has 0 radical (unpaired) electrons. The van der Waals surface area contributed by atoms with Crippen molar-refractivity contribution in [1.29, 1.82) is 0 Å². The minimum atomic E-state index is 0. The van der Waals surface area contributed by atoms with Crippen LogP contribution in [0.2, 0.25) is 0 Å². The van der Waals surface area contributed by atoms with Crippen molar-refractivity contribution in [3.8, 4) is 0 Å². The van der Waals surface area contributed by atoms with E-state index in [1.165, 1.54) is 31.2 Å². The third kappa shape index (κ3) is 4.04. The van der Waals surface area contributed by atoms with Gasteiger partial charge < -0.3 is 15.4 Å². The monoisotopic (exact) mass is 441 g/mol. The van der Waals surface area contributed by atoms with E-state index in [-0.39, 0.29) is 24.0 Å². The zero-order valence-electron chi connectivity index (χ0n) is 14.3. The molecule has 2 aliphatic heterocycles. The molecule has 4 rings (SSSR count). The molecule has 2 N–H and O–H groups in total. The van der Waals surface area contributed by atoms with E-state index in [1.807, 2.05) is 7.05 Å². The molecule has 1 aromatic rings. The molecule has 132 valence electrons. The van der Waals surface area contributed by atoms with Crippen LogP contribution in [0.15, 0.2) is 35.3 Å².